The van der Waals surface area contributed by atoms with Gasteiger partial charge in [0.1, 0.15) is 0 Å². The third kappa shape index (κ3) is 3.27. The van der Waals surface area contributed by atoms with E-state index in [4.69, 9.17) is 0 Å². The summed E-state index contributed by atoms with van der Waals surface area (Å²) in [5.41, 5.74) is 2.66. The van der Waals surface area contributed by atoms with Crippen molar-refractivity contribution in [3.8, 4) is 0 Å². The summed E-state index contributed by atoms with van der Waals surface area (Å²) >= 11 is 0. The van der Waals surface area contributed by atoms with Gasteiger partial charge in [0.25, 0.3) is 5.91 Å². The van der Waals surface area contributed by atoms with Crippen molar-refractivity contribution in [2.45, 2.75) is 25.8 Å². The second-order valence-electron chi connectivity index (χ2n) is 5.73. The summed E-state index contributed by atoms with van der Waals surface area (Å²) in [6.45, 7) is 3.77. The molecule has 1 unspecified atom stereocenters. The van der Waals surface area contributed by atoms with Crippen molar-refractivity contribution in [1.82, 2.24) is 10.3 Å². The van der Waals surface area contributed by atoms with E-state index >= 15 is 0 Å². The predicted octanol–water partition coefficient (Wildman–Crippen LogP) is 2.79. The third-order valence-electron chi connectivity index (χ3n) is 4.13. The molecule has 1 amide bonds. The number of rotatable bonds is 3. The fourth-order valence-electron chi connectivity index (χ4n) is 2.96. The zero-order valence-corrected chi connectivity index (χ0v) is 12.8. The van der Waals surface area contributed by atoms with Crippen molar-refractivity contribution in [3.05, 3.63) is 59.9 Å². The van der Waals surface area contributed by atoms with Crippen molar-refractivity contribution in [2.24, 2.45) is 0 Å². The number of amides is 1. The highest BCUT2D eigenvalue weighted by atomic mass is 16.1. The molecular weight excluding hydrogens is 274 g/mol. The van der Waals surface area contributed by atoms with Gasteiger partial charge in [0.2, 0.25) is 0 Å². The summed E-state index contributed by atoms with van der Waals surface area (Å²) in [7, 11) is 0. The van der Waals surface area contributed by atoms with Gasteiger partial charge in [-0.1, -0.05) is 18.2 Å². The molecule has 1 aromatic heterocycles. The average molecular weight is 295 g/mol. The fraction of sp³-hybridized carbons (Fsp3) is 0.333. The smallest absolute Gasteiger partial charge is 0.253 e. The van der Waals surface area contributed by atoms with E-state index in [2.05, 4.69) is 39.5 Å². The Bertz CT molecular complexity index is 642. The summed E-state index contributed by atoms with van der Waals surface area (Å²) in [5.74, 6) is -0.0227. The Morgan fingerprint density at radius 3 is 2.82 bits per heavy atom. The number of hydrogen-bond donors (Lipinski definition) is 1. The number of piperidine rings is 1. The Morgan fingerprint density at radius 2 is 2.05 bits per heavy atom. The minimum atomic E-state index is -0.0227. The molecule has 0 spiro atoms. The number of anilines is 1. The second kappa shape index (κ2) is 6.60. The van der Waals surface area contributed by atoms with E-state index in [-0.39, 0.29) is 11.9 Å². The van der Waals surface area contributed by atoms with Crippen LogP contribution < -0.4 is 10.2 Å². The standard InChI is InChI=1S/C18H21N3O/c1-14-17(10-5-11-19-14)18(22)20-15-7-6-12-21(13-15)16-8-3-2-4-9-16/h2-5,8-11,15H,6-7,12-13H2,1H3,(H,20,22). The number of aryl methyl sites for hydroxylation is 1. The van der Waals surface area contributed by atoms with Gasteiger partial charge in [0.15, 0.2) is 0 Å². The van der Waals surface area contributed by atoms with Gasteiger partial charge in [-0.05, 0) is 44.0 Å². The summed E-state index contributed by atoms with van der Waals surface area (Å²) in [6.07, 6.45) is 3.82. The van der Waals surface area contributed by atoms with Gasteiger partial charge in [0.05, 0.1) is 5.56 Å². The highest BCUT2D eigenvalue weighted by Crippen LogP contribution is 2.19. The van der Waals surface area contributed by atoms with E-state index < -0.39 is 0 Å². The third-order valence-corrected chi connectivity index (χ3v) is 4.13. The number of aromatic nitrogens is 1. The van der Waals surface area contributed by atoms with E-state index in [9.17, 15) is 4.79 Å². The van der Waals surface area contributed by atoms with Gasteiger partial charge in [-0.25, -0.2) is 0 Å². The first-order valence-corrected chi connectivity index (χ1v) is 7.76. The molecule has 4 heteroatoms. The molecule has 1 aliphatic rings. The molecule has 0 saturated carbocycles. The topological polar surface area (TPSA) is 45.2 Å². The molecule has 0 bridgehead atoms. The van der Waals surface area contributed by atoms with Crippen LogP contribution in [-0.4, -0.2) is 30.0 Å². The van der Waals surface area contributed by atoms with Crippen molar-refractivity contribution in [3.63, 3.8) is 0 Å². The Morgan fingerprint density at radius 1 is 1.23 bits per heavy atom. The molecule has 22 heavy (non-hydrogen) atoms. The number of para-hydroxylation sites is 1. The van der Waals surface area contributed by atoms with Crippen molar-refractivity contribution in [1.29, 1.82) is 0 Å². The van der Waals surface area contributed by atoms with E-state index in [0.717, 1.165) is 31.6 Å². The van der Waals surface area contributed by atoms with E-state index in [1.807, 2.05) is 19.1 Å². The van der Waals surface area contributed by atoms with Gasteiger partial charge >= 0.3 is 0 Å². The average Bonchev–Trinajstić information content (AvgIpc) is 2.56. The first-order valence-electron chi connectivity index (χ1n) is 7.76. The van der Waals surface area contributed by atoms with Crippen LogP contribution in [0.3, 0.4) is 0 Å². The molecule has 114 valence electrons. The number of pyridine rings is 1. The Balaban J connectivity index is 1.66. The van der Waals surface area contributed by atoms with Crippen LogP contribution in [0.15, 0.2) is 48.7 Å². The quantitative estimate of drug-likeness (QED) is 0.947. The van der Waals surface area contributed by atoms with Crippen LogP contribution in [0.4, 0.5) is 5.69 Å². The first kappa shape index (κ1) is 14.6. The molecule has 0 radical (unpaired) electrons. The maximum atomic E-state index is 12.4. The number of benzene rings is 1. The molecule has 3 rings (SSSR count). The van der Waals surface area contributed by atoms with Crippen LogP contribution in [-0.2, 0) is 0 Å². The van der Waals surface area contributed by atoms with Gasteiger partial charge in [-0.2, -0.15) is 0 Å². The SMILES string of the molecule is Cc1ncccc1C(=O)NC1CCCN(c2ccccc2)C1. The zero-order chi connectivity index (χ0) is 15.4. The second-order valence-corrected chi connectivity index (χ2v) is 5.73. The molecule has 1 N–H and O–H groups in total. The highest BCUT2D eigenvalue weighted by Gasteiger charge is 2.22. The van der Waals surface area contributed by atoms with Crippen LogP contribution in [0.25, 0.3) is 0 Å². The maximum absolute atomic E-state index is 12.4. The Hall–Kier alpha value is -2.36. The lowest BCUT2D eigenvalue weighted by Crippen LogP contribution is -2.48. The minimum absolute atomic E-state index is 0.0227. The summed E-state index contributed by atoms with van der Waals surface area (Å²) in [6, 6.07) is 14.2. The van der Waals surface area contributed by atoms with Crippen molar-refractivity contribution in [2.75, 3.05) is 18.0 Å². The number of nitrogens with zero attached hydrogens (tertiary/aromatic N) is 2. The molecule has 2 aromatic rings. The number of carbonyl (C=O) groups is 1. The van der Waals surface area contributed by atoms with Crippen molar-refractivity contribution < 1.29 is 4.79 Å². The lowest BCUT2D eigenvalue weighted by Gasteiger charge is -2.34. The summed E-state index contributed by atoms with van der Waals surface area (Å²) < 4.78 is 0. The normalized spacial score (nSPS) is 18.0. The largest absolute Gasteiger partial charge is 0.369 e. The molecule has 1 fully saturated rings. The summed E-state index contributed by atoms with van der Waals surface area (Å²) in [4.78, 5) is 18.9. The number of carbonyl (C=O) groups excluding carboxylic acids is 1. The molecule has 4 nitrogen and oxygen atoms in total. The van der Waals surface area contributed by atoms with Crippen LogP contribution in [0, 0.1) is 6.92 Å². The lowest BCUT2D eigenvalue weighted by atomic mass is 10.0. The summed E-state index contributed by atoms with van der Waals surface area (Å²) in [5, 5.41) is 3.16. The van der Waals surface area contributed by atoms with Crippen molar-refractivity contribution >= 4 is 11.6 Å². The van der Waals surface area contributed by atoms with Gasteiger partial charge in [0, 0.05) is 36.7 Å². The van der Waals surface area contributed by atoms with Crippen LogP contribution >= 0.6 is 0 Å². The fourth-order valence-corrected chi connectivity index (χ4v) is 2.96. The van der Waals surface area contributed by atoms with E-state index in [0.29, 0.717) is 5.56 Å². The van der Waals surface area contributed by atoms with Crippen LogP contribution in [0.1, 0.15) is 28.9 Å². The number of hydrogen-bond acceptors (Lipinski definition) is 3. The Kier molecular flexibility index (Phi) is 4.37. The van der Waals surface area contributed by atoms with Gasteiger partial charge < -0.3 is 10.2 Å². The Labute approximate surface area is 131 Å². The molecule has 1 saturated heterocycles. The number of nitrogens with one attached hydrogen (secondary N) is 1. The maximum Gasteiger partial charge on any atom is 0.253 e. The molecule has 1 aromatic carbocycles. The zero-order valence-electron chi connectivity index (χ0n) is 12.8. The monoisotopic (exact) mass is 295 g/mol. The van der Waals surface area contributed by atoms with Gasteiger partial charge in [-0.3, -0.25) is 9.78 Å². The first-order chi connectivity index (χ1) is 10.7. The molecule has 2 heterocycles. The van der Waals surface area contributed by atoms with Crippen LogP contribution in [0.5, 0.6) is 0 Å². The highest BCUT2D eigenvalue weighted by molar-refractivity contribution is 5.95. The molecule has 0 aliphatic carbocycles. The van der Waals surface area contributed by atoms with E-state index in [1.165, 1.54) is 5.69 Å². The van der Waals surface area contributed by atoms with E-state index in [1.54, 1.807) is 12.3 Å². The predicted molar refractivity (Wildman–Crippen MR) is 88.1 cm³/mol. The van der Waals surface area contributed by atoms with Gasteiger partial charge in [-0.15, -0.1) is 0 Å². The molecular formula is C18H21N3O. The van der Waals surface area contributed by atoms with Crippen LogP contribution in [0.2, 0.25) is 0 Å². The lowest BCUT2D eigenvalue weighted by molar-refractivity contribution is 0.0932. The molecule has 1 aliphatic heterocycles. The molecule has 1 atom stereocenters. The minimum Gasteiger partial charge on any atom is -0.369 e.